The Hall–Kier alpha value is -1.55. The number of piperidine rings is 1. The van der Waals surface area contributed by atoms with Crippen LogP contribution in [0.2, 0.25) is 0 Å². The molecular formula is C17H16BrN3O3S2. The number of nitrogens with zero attached hydrogens (tertiary/aromatic N) is 3. The second-order valence-electron chi connectivity index (χ2n) is 6.10. The topological polar surface area (TPSA) is 76.3 Å². The number of hydrogen-bond acceptors (Lipinski definition) is 6. The van der Waals surface area contributed by atoms with Crippen molar-refractivity contribution in [2.75, 3.05) is 13.1 Å². The fourth-order valence-corrected chi connectivity index (χ4v) is 6.11. The highest BCUT2D eigenvalue weighted by atomic mass is 79.9. The molecule has 0 N–H and O–H groups in total. The summed E-state index contributed by atoms with van der Waals surface area (Å²) in [6.45, 7) is 0.879. The van der Waals surface area contributed by atoms with E-state index in [1.54, 1.807) is 17.5 Å². The molecule has 0 aliphatic carbocycles. The molecule has 1 saturated heterocycles. The summed E-state index contributed by atoms with van der Waals surface area (Å²) in [5.41, 5.74) is 0.855. The molecule has 1 aliphatic heterocycles. The maximum Gasteiger partial charge on any atom is 0.252 e. The lowest BCUT2D eigenvalue weighted by Gasteiger charge is -2.29. The zero-order valence-electron chi connectivity index (χ0n) is 13.7. The van der Waals surface area contributed by atoms with Crippen LogP contribution >= 0.6 is 27.3 Å². The van der Waals surface area contributed by atoms with Crippen LogP contribution in [0.1, 0.15) is 24.7 Å². The molecule has 0 amide bonds. The van der Waals surface area contributed by atoms with Gasteiger partial charge in [0.15, 0.2) is 0 Å². The molecule has 0 unspecified atom stereocenters. The van der Waals surface area contributed by atoms with E-state index < -0.39 is 10.0 Å². The number of rotatable bonds is 4. The number of halogens is 1. The molecule has 2 aromatic heterocycles. The SMILES string of the molecule is O=S(=O)(c1cccs1)N1CCC[C@H](c2nc(-c3cccc(Br)c3)no2)C1. The molecule has 0 saturated carbocycles. The minimum absolute atomic E-state index is 0.0908. The van der Waals surface area contributed by atoms with Gasteiger partial charge in [0.1, 0.15) is 4.21 Å². The predicted octanol–water partition coefficient (Wildman–Crippen LogP) is 4.13. The lowest BCUT2D eigenvalue weighted by molar-refractivity contribution is 0.266. The smallest absolute Gasteiger partial charge is 0.252 e. The molecule has 136 valence electrons. The summed E-state index contributed by atoms with van der Waals surface area (Å²) in [7, 11) is -3.45. The summed E-state index contributed by atoms with van der Waals surface area (Å²) in [6.07, 6.45) is 1.60. The van der Waals surface area contributed by atoms with Crippen LogP contribution in [0, 0.1) is 0 Å². The van der Waals surface area contributed by atoms with Crippen molar-refractivity contribution in [3.8, 4) is 11.4 Å². The Kier molecular flexibility index (Phi) is 4.96. The van der Waals surface area contributed by atoms with E-state index in [4.69, 9.17) is 4.52 Å². The lowest BCUT2D eigenvalue weighted by Crippen LogP contribution is -2.38. The molecule has 9 heteroatoms. The Morgan fingerprint density at radius 1 is 1.27 bits per heavy atom. The van der Waals surface area contributed by atoms with Gasteiger partial charge in [-0.3, -0.25) is 0 Å². The minimum Gasteiger partial charge on any atom is -0.339 e. The van der Waals surface area contributed by atoms with Gasteiger partial charge in [0, 0.05) is 23.1 Å². The quantitative estimate of drug-likeness (QED) is 0.593. The molecule has 1 fully saturated rings. The van der Waals surface area contributed by atoms with E-state index in [1.807, 2.05) is 24.3 Å². The molecule has 4 rings (SSSR count). The van der Waals surface area contributed by atoms with E-state index in [-0.39, 0.29) is 5.92 Å². The summed E-state index contributed by atoms with van der Waals surface area (Å²) in [4.78, 5) is 4.51. The van der Waals surface area contributed by atoms with Crippen molar-refractivity contribution in [2.45, 2.75) is 23.0 Å². The van der Waals surface area contributed by atoms with Gasteiger partial charge in [0.2, 0.25) is 11.7 Å². The molecule has 26 heavy (non-hydrogen) atoms. The highest BCUT2D eigenvalue weighted by Crippen LogP contribution is 2.32. The second kappa shape index (κ2) is 7.22. The van der Waals surface area contributed by atoms with Crippen LogP contribution in [0.4, 0.5) is 0 Å². The number of hydrogen-bond donors (Lipinski definition) is 0. The van der Waals surface area contributed by atoms with Crippen molar-refractivity contribution in [3.63, 3.8) is 0 Å². The lowest BCUT2D eigenvalue weighted by atomic mass is 10.00. The fraction of sp³-hybridized carbons (Fsp3) is 0.294. The van der Waals surface area contributed by atoms with Gasteiger partial charge in [-0.15, -0.1) is 11.3 Å². The Bertz CT molecular complexity index is 1000. The summed E-state index contributed by atoms with van der Waals surface area (Å²) in [6, 6.07) is 11.1. The van der Waals surface area contributed by atoms with Crippen molar-refractivity contribution in [3.05, 3.63) is 52.1 Å². The normalized spacial score (nSPS) is 18.9. The van der Waals surface area contributed by atoms with E-state index in [2.05, 4.69) is 26.1 Å². The summed E-state index contributed by atoms with van der Waals surface area (Å²) >= 11 is 4.67. The highest BCUT2D eigenvalue weighted by Gasteiger charge is 2.33. The third kappa shape index (κ3) is 3.48. The van der Waals surface area contributed by atoms with Gasteiger partial charge in [0.25, 0.3) is 10.0 Å². The van der Waals surface area contributed by atoms with Crippen molar-refractivity contribution >= 4 is 37.3 Å². The molecule has 6 nitrogen and oxygen atoms in total. The van der Waals surface area contributed by atoms with Gasteiger partial charge in [-0.25, -0.2) is 8.42 Å². The average Bonchev–Trinajstić information content (AvgIpc) is 3.34. The molecule has 1 aromatic carbocycles. The van der Waals surface area contributed by atoms with Crippen LogP contribution in [-0.2, 0) is 10.0 Å². The first-order valence-corrected chi connectivity index (χ1v) is 11.3. The second-order valence-corrected chi connectivity index (χ2v) is 10.1. The number of benzene rings is 1. The molecule has 0 radical (unpaired) electrons. The van der Waals surface area contributed by atoms with Gasteiger partial charge in [-0.05, 0) is 36.4 Å². The first-order chi connectivity index (χ1) is 12.5. The zero-order valence-corrected chi connectivity index (χ0v) is 16.9. The van der Waals surface area contributed by atoms with Crippen molar-refractivity contribution in [1.82, 2.24) is 14.4 Å². The summed E-state index contributed by atoms with van der Waals surface area (Å²) in [5.74, 6) is 0.914. The van der Waals surface area contributed by atoms with Crippen LogP contribution in [-0.4, -0.2) is 36.0 Å². The Labute approximate surface area is 164 Å². The molecule has 1 atom stereocenters. The molecule has 0 bridgehead atoms. The average molecular weight is 454 g/mol. The minimum atomic E-state index is -3.45. The van der Waals surface area contributed by atoms with Crippen molar-refractivity contribution < 1.29 is 12.9 Å². The zero-order chi connectivity index (χ0) is 18.1. The highest BCUT2D eigenvalue weighted by molar-refractivity contribution is 9.10. The summed E-state index contributed by atoms with van der Waals surface area (Å²) < 4.78 is 33.8. The van der Waals surface area contributed by atoms with Crippen LogP contribution in [0.5, 0.6) is 0 Å². The monoisotopic (exact) mass is 453 g/mol. The predicted molar refractivity (Wildman–Crippen MR) is 102 cm³/mol. The molecule has 0 spiro atoms. The van der Waals surface area contributed by atoms with E-state index in [9.17, 15) is 8.42 Å². The maximum atomic E-state index is 12.8. The van der Waals surface area contributed by atoms with Crippen LogP contribution < -0.4 is 0 Å². The van der Waals surface area contributed by atoms with Crippen molar-refractivity contribution in [1.29, 1.82) is 0 Å². The third-order valence-corrected chi connectivity index (χ3v) is 8.08. The Morgan fingerprint density at radius 2 is 2.15 bits per heavy atom. The fourth-order valence-electron chi connectivity index (χ4n) is 3.05. The Balaban J connectivity index is 1.56. The van der Waals surface area contributed by atoms with Crippen LogP contribution in [0.15, 0.2) is 55.0 Å². The van der Waals surface area contributed by atoms with Gasteiger partial charge in [-0.1, -0.05) is 39.3 Å². The summed E-state index contributed by atoms with van der Waals surface area (Å²) in [5, 5.41) is 5.84. The Morgan fingerprint density at radius 3 is 2.92 bits per heavy atom. The first kappa shape index (κ1) is 17.8. The van der Waals surface area contributed by atoms with Gasteiger partial charge in [-0.2, -0.15) is 9.29 Å². The molecule has 1 aliphatic rings. The number of aromatic nitrogens is 2. The third-order valence-electron chi connectivity index (χ3n) is 4.35. The molecule has 3 heterocycles. The number of thiophene rings is 1. The van der Waals surface area contributed by atoms with Gasteiger partial charge >= 0.3 is 0 Å². The maximum absolute atomic E-state index is 12.8. The largest absolute Gasteiger partial charge is 0.339 e. The molecule has 3 aromatic rings. The standard InChI is InChI=1S/C17H16BrN3O3S2/c18-14-6-1-4-12(10-14)16-19-17(24-20-16)13-5-2-8-21(11-13)26(22,23)15-7-3-9-25-15/h1,3-4,6-7,9-10,13H,2,5,8,11H2/t13-/m0/s1. The first-order valence-electron chi connectivity index (χ1n) is 8.17. The van der Waals surface area contributed by atoms with E-state index in [0.29, 0.717) is 29.0 Å². The van der Waals surface area contributed by atoms with Crippen LogP contribution in [0.3, 0.4) is 0 Å². The van der Waals surface area contributed by atoms with Gasteiger partial charge in [0.05, 0.1) is 5.92 Å². The van der Waals surface area contributed by atoms with Crippen LogP contribution in [0.25, 0.3) is 11.4 Å². The van der Waals surface area contributed by atoms with E-state index >= 15 is 0 Å². The number of sulfonamides is 1. The van der Waals surface area contributed by atoms with E-state index in [1.165, 1.54) is 15.6 Å². The van der Waals surface area contributed by atoms with E-state index in [0.717, 1.165) is 22.9 Å². The molecular weight excluding hydrogens is 438 g/mol. The van der Waals surface area contributed by atoms with Crippen molar-refractivity contribution in [2.24, 2.45) is 0 Å². The van der Waals surface area contributed by atoms with Gasteiger partial charge < -0.3 is 4.52 Å².